The van der Waals surface area contributed by atoms with E-state index in [1.807, 2.05) is 20.8 Å². The lowest BCUT2D eigenvalue weighted by Crippen LogP contribution is -2.46. The largest absolute Gasteiger partial charge is 0.507 e. The molecule has 2 rings (SSSR count). The molecule has 0 aromatic heterocycles. The highest BCUT2D eigenvalue weighted by Gasteiger charge is 2.26. The molecule has 0 saturated heterocycles. The number of hydrogen-bond donors (Lipinski definition) is 3. The summed E-state index contributed by atoms with van der Waals surface area (Å²) in [4.78, 5) is 12.6. The van der Waals surface area contributed by atoms with E-state index >= 15 is 0 Å². The van der Waals surface area contributed by atoms with E-state index in [9.17, 15) is 18.3 Å². The minimum absolute atomic E-state index is 0.0271. The SMILES string of the molecule is Cc1ccc(S(=O)(=O)NC(CC(C)C)C(=O)NN=Cc2ccccc2O)cc1. The average molecular weight is 404 g/mol. The Labute approximate surface area is 165 Å². The van der Waals surface area contributed by atoms with Crippen LogP contribution in [0.25, 0.3) is 0 Å². The summed E-state index contributed by atoms with van der Waals surface area (Å²) < 4.78 is 27.7. The highest BCUT2D eigenvalue weighted by Crippen LogP contribution is 2.14. The van der Waals surface area contributed by atoms with E-state index in [2.05, 4.69) is 15.2 Å². The van der Waals surface area contributed by atoms with Crippen LogP contribution in [-0.4, -0.2) is 31.7 Å². The van der Waals surface area contributed by atoms with Gasteiger partial charge in [-0.1, -0.05) is 43.7 Å². The van der Waals surface area contributed by atoms with Crippen LogP contribution in [0.2, 0.25) is 0 Å². The lowest BCUT2D eigenvalue weighted by atomic mass is 10.0. The van der Waals surface area contributed by atoms with Crippen molar-refractivity contribution < 1.29 is 18.3 Å². The molecular formula is C20H25N3O4S. The number of nitrogens with one attached hydrogen (secondary N) is 2. The highest BCUT2D eigenvalue weighted by molar-refractivity contribution is 7.89. The van der Waals surface area contributed by atoms with Gasteiger partial charge in [-0.05, 0) is 43.5 Å². The van der Waals surface area contributed by atoms with Gasteiger partial charge in [0.2, 0.25) is 10.0 Å². The number of aryl methyl sites for hydroxylation is 1. The normalized spacial score (nSPS) is 13.0. The predicted octanol–water partition coefficient (Wildman–Crippen LogP) is 2.54. The Balaban J connectivity index is 2.12. The number of nitrogens with zero attached hydrogens (tertiary/aromatic N) is 1. The summed E-state index contributed by atoms with van der Waals surface area (Å²) >= 11 is 0. The summed E-state index contributed by atoms with van der Waals surface area (Å²) in [7, 11) is -3.85. The number of hydrogen-bond acceptors (Lipinski definition) is 5. The molecule has 28 heavy (non-hydrogen) atoms. The third kappa shape index (κ3) is 6.17. The summed E-state index contributed by atoms with van der Waals surface area (Å²) in [5.74, 6) is -0.464. The Morgan fingerprint density at radius 2 is 1.79 bits per heavy atom. The first-order valence-corrected chi connectivity index (χ1v) is 10.4. The zero-order chi connectivity index (χ0) is 20.7. The number of amides is 1. The number of aromatic hydroxyl groups is 1. The van der Waals surface area contributed by atoms with Gasteiger partial charge in [0.15, 0.2) is 0 Å². The minimum Gasteiger partial charge on any atom is -0.507 e. The number of carbonyl (C=O) groups is 1. The second-order valence-electron chi connectivity index (χ2n) is 6.91. The van der Waals surface area contributed by atoms with Crippen molar-refractivity contribution in [2.75, 3.05) is 0 Å². The van der Waals surface area contributed by atoms with Crippen LogP contribution in [0.15, 0.2) is 58.5 Å². The topological polar surface area (TPSA) is 108 Å². The molecule has 0 aliphatic heterocycles. The maximum Gasteiger partial charge on any atom is 0.258 e. The van der Waals surface area contributed by atoms with Gasteiger partial charge in [0.1, 0.15) is 11.8 Å². The Hall–Kier alpha value is -2.71. The van der Waals surface area contributed by atoms with Crippen molar-refractivity contribution in [2.24, 2.45) is 11.0 Å². The number of carbonyl (C=O) groups excluding carboxylic acids is 1. The van der Waals surface area contributed by atoms with Gasteiger partial charge in [0.05, 0.1) is 11.1 Å². The van der Waals surface area contributed by atoms with Crippen LogP contribution in [0.1, 0.15) is 31.4 Å². The number of benzene rings is 2. The molecule has 1 unspecified atom stereocenters. The molecule has 1 atom stereocenters. The van der Waals surface area contributed by atoms with E-state index in [-0.39, 0.29) is 16.6 Å². The van der Waals surface area contributed by atoms with Crippen molar-refractivity contribution in [1.29, 1.82) is 0 Å². The minimum atomic E-state index is -3.85. The van der Waals surface area contributed by atoms with Gasteiger partial charge in [0.25, 0.3) is 5.91 Å². The van der Waals surface area contributed by atoms with E-state index < -0.39 is 22.0 Å². The van der Waals surface area contributed by atoms with Crippen molar-refractivity contribution in [3.05, 3.63) is 59.7 Å². The molecule has 0 fully saturated rings. The fraction of sp³-hybridized carbons (Fsp3) is 0.300. The number of rotatable bonds is 8. The van der Waals surface area contributed by atoms with Crippen LogP contribution >= 0.6 is 0 Å². The Morgan fingerprint density at radius 3 is 2.39 bits per heavy atom. The van der Waals surface area contributed by atoms with Crippen LogP contribution in [0, 0.1) is 12.8 Å². The number of hydrazone groups is 1. The average Bonchev–Trinajstić information content (AvgIpc) is 2.62. The van der Waals surface area contributed by atoms with Gasteiger partial charge in [0, 0.05) is 5.56 Å². The Bertz CT molecular complexity index is 938. The number of phenolic OH excluding ortho intramolecular Hbond substituents is 1. The van der Waals surface area contributed by atoms with E-state index in [1.165, 1.54) is 24.4 Å². The second-order valence-corrected chi connectivity index (χ2v) is 8.62. The number of para-hydroxylation sites is 1. The molecular weight excluding hydrogens is 378 g/mol. The highest BCUT2D eigenvalue weighted by atomic mass is 32.2. The van der Waals surface area contributed by atoms with Crippen LogP contribution in [0.3, 0.4) is 0 Å². The molecule has 7 nitrogen and oxygen atoms in total. The molecule has 150 valence electrons. The lowest BCUT2D eigenvalue weighted by molar-refractivity contribution is -0.123. The first-order valence-electron chi connectivity index (χ1n) is 8.89. The fourth-order valence-electron chi connectivity index (χ4n) is 2.49. The van der Waals surface area contributed by atoms with Crippen molar-refractivity contribution in [2.45, 2.75) is 38.1 Å². The maximum atomic E-state index is 12.6. The second kappa shape index (κ2) is 9.48. The van der Waals surface area contributed by atoms with Crippen molar-refractivity contribution in [1.82, 2.24) is 10.1 Å². The third-order valence-corrected chi connectivity index (χ3v) is 5.46. The monoisotopic (exact) mass is 403 g/mol. The smallest absolute Gasteiger partial charge is 0.258 e. The quantitative estimate of drug-likeness (QED) is 0.465. The zero-order valence-corrected chi connectivity index (χ0v) is 16.9. The third-order valence-electron chi connectivity index (χ3n) is 3.97. The van der Waals surface area contributed by atoms with Crippen molar-refractivity contribution >= 4 is 22.1 Å². The maximum absolute atomic E-state index is 12.6. The lowest BCUT2D eigenvalue weighted by Gasteiger charge is -2.19. The summed E-state index contributed by atoms with van der Waals surface area (Å²) in [6.07, 6.45) is 1.61. The molecule has 3 N–H and O–H groups in total. The molecule has 0 bridgehead atoms. The van der Waals surface area contributed by atoms with Crippen LogP contribution in [0.5, 0.6) is 5.75 Å². The molecule has 0 aliphatic rings. The Morgan fingerprint density at radius 1 is 1.14 bits per heavy atom. The molecule has 0 heterocycles. The summed E-state index contributed by atoms with van der Waals surface area (Å²) in [6.45, 7) is 5.65. The molecule has 0 spiro atoms. The van der Waals surface area contributed by atoms with Gasteiger partial charge in [-0.2, -0.15) is 9.82 Å². The van der Waals surface area contributed by atoms with Crippen molar-refractivity contribution in [3.63, 3.8) is 0 Å². The van der Waals surface area contributed by atoms with Crippen LogP contribution in [0.4, 0.5) is 0 Å². The van der Waals surface area contributed by atoms with Gasteiger partial charge in [-0.15, -0.1) is 0 Å². The van der Waals surface area contributed by atoms with E-state index in [0.717, 1.165) is 5.56 Å². The zero-order valence-electron chi connectivity index (χ0n) is 16.1. The molecule has 0 saturated carbocycles. The molecule has 2 aromatic carbocycles. The number of phenols is 1. The van der Waals surface area contributed by atoms with E-state index in [4.69, 9.17) is 0 Å². The van der Waals surface area contributed by atoms with Gasteiger partial charge >= 0.3 is 0 Å². The van der Waals surface area contributed by atoms with E-state index in [0.29, 0.717) is 12.0 Å². The summed E-state index contributed by atoms with van der Waals surface area (Å²) in [5, 5.41) is 13.5. The van der Waals surface area contributed by atoms with E-state index in [1.54, 1.807) is 30.3 Å². The standard InChI is InChI=1S/C20H25N3O4S/c1-14(2)12-18(23-28(26,27)17-10-8-15(3)9-11-17)20(25)22-21-13-16-6-4-5-7-19(16)24/h4-11,13-14,18,23-24H,12H2,1-3H3,(H,22,25). The fourth-order valence-corrected chi connectivity index (χ4v) is 3.70. The van der Waals surface area contributed by atoms with Gasteiger partial charge in [-0.25, -0.2) is 13.8 Å². The molecule has 0 radical (unpaired) electrons. The van der Waals surface area contributed by atoms with Crippen LogP contribution < -0.4 is 10.1 Å². The van der Waals surface area contributed by atoms with Gasteiger partial charge < -0.3 is 5.11 Å². The van der Waals surface area contributed by atoms with Gasteiger partial charge in [-0.3, -0.25) is 4.79 Å². The first-order chi connectivity index (χ1) is 13.2. The molecule has 2 aromatic rings. The van der Waals surface area contributed by atoms with Crippen molar-refractivity contribution in [3.8, 4) is 5.75 Å². The summed E-state index contributed by atoms with van der Waals surface area (Å²) in [5.41, 5.74) is 3.71. The first kappa shape index (κ1) is 21.6. The summed E-state index contributed by atoms with van der Waals surface area (Å²) in [6, 6.07) is 11.9. The Kier molecular flexibility index (Phi) is 7.31. The van der Waals surface area contributed by atoms with Crippen LogP contribution in [-0.2, 0) is 14.8 Å². The molecule has 1 amide bonds. The number of sulfonamides is 1. The predicted molar refractivity (Wildman–Crippen MR) is 109 cm³/mol. The molecule has 8 heteroatoms. The molecule has 0 aliphatic carbocycles.